The standard InChI is InChI=1S/C17H26N2O2/c1-17(2,14-4-3-10-18-12-14)16(21)19-11-9-13-5-7-15(20)8-6-13/h5-8,14,18,20H,3-4,9-12H2,1-2H3,(H,19,21). The fourth-order valence-electron chi connectivity index (χ4n) is 2.86. The highest BCUT2D eigenvalue weighted by Gasteiger charge is 2.36. The zero-order valence-electron chi connectivity index (χ0n) is 13.0. The van der Waals surface area contributed by atoms with E-state index in [1.807, 2.05) is 26.0 Å². The molecule has 0 bridgehead atoms. The summed E-state index contributed by atoms with van der Waals surface area (Å²) in [6, 6.07) is 7.12. The molecule has 4 heteroatoms. The van der Waals surface area contributed by atoms with Crippen LogP contribution in [0.3, 0.4) is 0 Å². The Morgan fingerprint density at radius 3 is 2.71 bits per heavy atom. The Bertz CT molecular complexity index is 462. The van der Waals surface area contributed by atoms with Crippen LogP contribution in [0.5, 0.6) is 5.75 Å². The van der Waals surface area contributed by atoms with E-state index in [4.69, 9.17) is 0 Å². The lowest BCUT2D eigenvalue weighted by Gasteiger charge is -2.36. The van der Waals surface area contributed by atoms with Gasteiger partial charge >= 0.3 is 0 Å². The summed E-state index contributed by atoms with van der Waals surface area (Å²) in [5.74, 6) is 0.809. The van der Waals surface area contributed by atoms with Gasteiger partial charge in [0.1, 0.15) is 5.75 Å². The van der Waals surface area contributed by atoms with Crippen LogP contribution in [0.2, 0.25) is 0 Å². The number of piperidine rings is 1. The van der Waals surface area contributed by atoms with E-state index in [1.165, 1.54) is 0 Å². The largest absolute Gasteiger partial charge is 0.508 e. The molecule has 0 aliphatic carbocycles. The number of rotatable bonds is 5. The first-order chi connectivity index (χ1) is 10.00. The number of amides is 1. The molecule has 4 nitrogen and oxygen atoms in total. The molecule has 0 spiro atoms. The number of hydrogen-bond acceptors (Lipinski definition) is 3. The molecule has 3 N–H and O–H groups in total. The first kappa shape index (κ1) is 15.8. The molecule has 0 saturated carbocycles. The van der Waals surface area contributed by atoms with Crippen molar-refractivity contribution in [3.63, 3.8) is 0 Å². The Labute approximate surface area is 126 Å². The van der Waals surface area contributed by atoms with E-state index < -0.39 is 0 Å². The van der Waals surface area contributed by atoms with Gasteiger partial charge in [0.15, 0.2) is 0 Å². The normalized spacial score (nSPS) is 19.2. The van der Waals surface area contributed by atoms with Crippen LogP contribution in [0.25, 0.3) is 0 Å². The van der Waals surface area contributed by atoms with Gasteiger partial charge in [-0.3, -0.25) is 4.79 Å². The molecular weight excluding hydrogens is 264 g/mol. The zero-order chi connectivity index (χ0) is 15.3. The third-order valence-corrected chi connectivity index (χ3v) is 4.54. The summed E-state index contributed by atoms with van der Waals surface area (Å²) in [6.45, 7) is 6.71. The minimum Gasteiger partial charge on any atom is -0.508 e. The third kappa shape index (κ3) is 4.21. The fraction of sp³-hybridized carbons (Fsp3) is 0.588. The van der Waals surface area contributed by atoms with Crippen molar-refractivity contribution in [3.8, 4) is 5.75 Å². The highest BCUT2D eigenvalue weighted by molar-refractivity contribution is 5.82. The van der Waals surface area contributed by atoms with Gasteiger partial charge in [0.2, 0.25) is 5.91 Å². The lowest BCUT2D eigenvalue weighted by molar-refractivity contribution is -0.132. The second-order valence-corrected chi connectivity index (χ2v) is 6.44. The maximum absolute atomic E-state index is 12.4. The Balaban J connectivity index is 1.81. The van der Waals surface area contributed by atoms with Crippen LogP contribution in [-0.2, 0) is 11.2 Å². The van der Waals surface area contributed by atoms with Crippen LogP contribution < -0.4 is 10.6 Å². The second-order valence-electron chi connectivity index (χ2n) is 6.44. The molecule has 116 valence electrons. The van der Waals surface area contributed by atoms with E-state index in [2.05, 4.69) is 10.6 Å². The fourth-order valence-corrected chi connectivity index (χ4v) is 2.86. The molecule has 2 rings (SSSR count). The molecule has 1 aromatic carbocycles. The molecule has 0 aromatic heterocycles. The van der Waals surface area contributed by atoms with Gasteiger partial charge in [0.25, 0.3) is 0 Å². The van der Waals surface area contributed by atoms with Gasteiger partial charge in [0, 0.05) is 12.0 Å². The summed E-state index contributed by atoms with van der Waals surface area (Å²) in [7, 11) is 0. The van der Waals surface area contributed by atoms with Crippen LogP contribution in [0.15, 0.2) is 24.3 Å². The number of nitrogens with one attached hydrogen (secondary N) is 2. The average molecular weight is 290 g/mol. The highest BCUT2D eigenvalue weighted by atomic mass is 16.3. The Morgan fingerprint density at radius 2 is 2.10 bits per heavy atom. The van der Waals surface area contributed by atoms with Crippen molar-refractivity contribution in [2.24, 2.45) is 11.3 Å². The van der Waals surface area contributed by atoms with Crippen LogP contribution in [-0.4, -0.2) is 30.6 Å². The van der Waals surface area contributed by atoms with E-state index in [1.54, 1.807) is 12.1 Å². The molecule has 1 amide bonds. The van der Waals surface area contributed by atoms with E-state index in [0.29, 0.717) is 12.5 Å². The molecule has 1 aromatic rings. The van der Waals surface area contributed by atoms with Gasteiger partial charge in [-0.2, -0.15) is 0 Å². The van der Waals surface area contributed by atoms with E-state index >= 15 is 0 Å². The third-order valence-electron chi connectivity index (χ3n) is 4.54. The zero-order valence-corrected chi connectivity index (χ0v) is 13.0. The smallest absolute Gasteiger partial charge is 0.225 e. The van der Waals surface area contributed by atoms with Crippen molar-refractivity contribution < 1.29 is 9.90 Å². The van der Waals surface area contributed by atoms with Gasteiger partial charge in [-0.05, 0) is 56.0 Å². The maximum atomic E-state index is 12.4. The minimum atomic E-state index is -0.331. The summed E-state index contributed by atoms with van der Waals surface area (Å²) < 4.78 is 0. The van der Waals surface area contributed by atoms with Gasteiger partial charge < -0.3 is 15.7 Å². The van der Waals surface area contributed by atoms with Crippen molar-refractivity contribution in [1.82, 2.24) is 10.6 Å². The molecule has 1 unspecified atom stereocenters. The predicted octanol–water partition coefficient (Wildman–Crippen LogP) is 2.08. The van der Waals surface area contributed by atoms with E-state index in [9.17, 15) is 9.90 Å². The Kier molecular flexibility index (Phi) is 5.23. The molecule has 1 atom stereocenters. The summed E-state index contributed by atoms with van der Waals surface area (Å²) >= 11 is 0. The van der Waals surface area contributed by atoms with Gasteiger partial charge in [-0.15, -0.1) is 0 Å². The van der Waals surface area contributed by atoms with Crippen molar-refractivity contribution in [2.75, 3.05) is 19.6 Å². The van der Waals surface area contributed by atoms with Crippen LogP contribution in [0.4, 0.5) is 0 Å². The first-order valence-electron chi connectivity index (χ1n) is 7.77. The number of phenolic OH excluding ortho intramolecular Hbond substituents is 1. The number of phenols is 1. The molecule has 1 fully saturated rings. The summed E-state index contributed by atoms with van der Waals surface area (Å²) in [4.78, 5) is 12.4. The van der Waals surface area contributed by atoms with Crippen LogP contribution in [0.1, 0.15) is 32.3 Å². The summed E-state index contributed by atoms with van der Waals surface area (Å²) in [5, 5.41) is 15.7. The van der Waals surface area contributed by atoms with E-state index in [-0.39, 0.29) is 17.1 Å². The van der Waals surface area contributed by atoms with Crippen molar-refractivity contribution >= 4 is 5.91 Å². The topological polar surface area (TPSA) is 61.4 Å². The average Bonchev–Trinajstić information content (AvgIpc) is 2.50. The van der Waals surface area contributed by atoms with Gasteiger partial charge in [-0.25, -0.2) is 0 Å². The predicted molar refractivity (Wildman–Crippen MR) is 84.2 cm³/mol. The summed E-state index contributed by atoms with van der Waals surface area (Å²) in [5.41, 5.74) is 0.785. The lowest BCUT2D eigenvalue weighted by Crippen LogP contribution is -2.47. The molecule has 0 radical (unpaired) electrons. The van der Waals surface area contributed by atoms with Crippen molar-refractivity contribution in [3.05, 3.63) is 29.8 Å². The van der Waals surface area contributed by atoms with Gasteiger partial charge in [-0.1, -0.05) is 26.0 Å². The first-order valence-corrected chi connectivity index (χ1v) is 7.77. The lowest BCUT2D eigenvalue weighted by atomic mass is 9.74. The number of hydrogen-bond donors (Lipinski definition) is 3. The number of carbonyl (C=O) groups excluding carboxylic acids is 1. The summed E-state index contributed by atoms with van der Waals surface area (Å²) in [6.07, 6.45) is 3.05. The van der Waals surface area contributed by atoms with Gasteiger partial charge in [0.05, 0.1) is 0 Å². The second kappa shape index (κ2) is 6.94. The van der Waals surface area contributed by atoms with Crippen LogP contribution >= 0.6 is 0 Å². The molecule has 21 heavy (non-hydrogen) atoms. The number of carbonyl (C=O) groups is 1. The number of aromatic hydroxyl groups is 1. The molecule has 1 aliphatic rings. The SMILES string of the molecule is CC(C)(C(=O)NCCc1ccc(O)cc1)C1CCCNC1. The molecular formula is C17H26N2O2. The molecule has 1 saturated heterocycles. The minimum absolute atomic E-state index is 0.134. The van der Waals surface area contributed by atoms with E-state index in [0.717, 1.165) is 37.9 Å². The van der Waals surface area contributed by atoms with Crippen molar-refractivity contribution in [2.45, 2.75) is 33.1 Å². The molecule has 1 heterocycles. The maximum Gasteiger partial charge on any atom is 0.225 e. The monoisotopic (exact) mass is 290 g/mol. The Morgan fingerprint density at radius 1 is 1.38 bits per heavy atom. The van der Waals surface area contributed by atoms with Crippen LogP contribution in [0, 0.1) is 11.3 Å². The molecule has 1 aliphatic heterocycles. The number of benzene rings is 1. The van der Waals surface area contributed by atoms with Crippen molar-refractivity contribution in [1.29, 1.82) is 0 Å². The quantitative estimate of drug-likeness (QED) is 0.778. The Hall–Kier alpha value is -1.55. The highest BCUT2D eigenvalue weighted by Crippen LogP contribution is 2.31.